The first-order valence-corrected chi connectivity index (χ1v) is 11.6. The first-order valence-electron chi connectivity index (χ1n) is 10.1. The van der Waals surface area contributed by atoms with Gasteiger partial charge in [-0.2, -0.15) is 17.5 Å². The number of hydrogen-bond donors (Lipinski definition) is 1. The Morgan fingerprint density at radius 1 is 1.03 bits per heavy atom. The highest BCUT2D eigenvalue weighted by Gasteiger charge is 2.34. The van der Waals surface area contributed by atoms with Gasteiger partial charge in [-0.15, -0.1) is 15.3 Å². The SMILES string of the molecule is Cc1c(N=Nc2cc(C(F)(F)F)ccc2S(=O)(=O)N2CCCC2)c(N)nn1-c1ccccc1. The second-order valence-corrected chi connectivity index (χ2v) is 9.46. The number of nitrogens with zero attached hydrogens (tertiary/aromatic N) is 5. The van der Waals surface area contributed by atoms with Crippen molar-refractivity contribution in [3.63, 3.8) is 0 Å². The van der Waals surface area contributed by atoms with Gasteiger partial charge in [-0.25, -0.2) is 13.1 Å². The van der Waals surface area contributed by atoms with Crippen molar-refractivity contribution in [2.45, 2.75) is 30.8 Å². The van der Waals surface area contributed by atoms with Crippen LogP contribution in [0, 0.1) is 6.92 Å². The fourth-order valence-corrected chi connectivity index (χ4v) is 5.24. The Morgan fingerprint density at radius 3 is 2.33 bits per heavy atom. The Labute approximate surface area is 188 Å². The van der Waals surface area contributed by atoms with Crippen LogP contribution in [-0.2, 0) is 16.2 Å². The summed E-state index contributed by atoms with van der Waals surface area (Å²) in [7, 11) is -4.03. The molecular weight excluding hydrogens is 457 g/mol. The average molecular weight is 479 g/mol. The quantitative estimate of drug-likeness (QED) is 0.522. The van der Waals surface area contributed by atoms with Gasteiger partial charge in [0.25, 0.3) is 0 Å². The van der Waals surface area contributed by atoms with Crippen molar-refractivity contribution < 1.29 is 21.6 Å². The standard InChI is InChI=1S/C21H21F3N6O2S/c1-14-19(20(25)28-30(14)16-7-3-2-4-8-16)27-26-17-13-15(21(22,23)24)9-10-18(17)33(31,32)29-11-5-6-12-29/h2-4,7-10,13H,5-6,11-12H2,1H3,(H2,25,28). The monoisotopic (exact) mass is 478 g/mol. The first kappa shape index (κ1) is 22.9. The van der Waals surface area contributed by atoms with Crippen LogP contribution in [0.4, 0.5) is 30.4 Å². The van der Waals surface area contributed by atoms with Crippen molar-refractivity contribution >= 4 is 27.2 Å². The lowest BCUT2D eigenvalue weighted by atomic mass is 10.2. The molecule has 1 fully saturated rings. The molecular formula is C21H21F3N6O2S. The number of azo groups is 1. The summed E-state index contributed by atoms with van der Waals surface area (Å²) in [5.41, 5.74) is 5.88. The van der Waals surface area contributed by atoms with Gasteiger partial charge in [-0.05, 0) is 50.1 Å². The third kappa shape index (κ3) is 4.48. The molecule has 174 valence electrons. The molecule has 2 N–H and O–H groups in total. The molecule has 33 heavy (non-hydrogen) atoms. The Balaban J connectivity index is 1.79. The molecule has 3 aromatic rings. The van der Waals surface area contributed by atoms with Crippen LogP contribution in [0.5, 0.6) is 0 Å². The molecule has 0 bridgehead atoms. The lowest BCUT2D eigenvalue weighted by Gasteiger charge is -2.17. The van der Waals surface area contributed by atoms with E-state index >= 15 is 0 Å². The molecule has 2 aromatic carbocycles. The molecule has 0 unspecified atom stereocenters. The third-order valence-corrected chi connectivity index (χ3v) is 7.28. The summed E-state index contributed by atoms with van der Waals surface area (Å²) in [6, 6.07) is 11.4. The van der Waals surface area contributed by atoms with Crippen LogP contribution in [0.1, 0.15) is 24.1 Å². The maximum absolute atomic E-state index is 13.3. The summed E-state index contributed by atoms with van der Waals surface area (Å²) in [5, 5.41) is 12.1. The van der Waals surface area contributed by atoms with Crippen LogP contribution in [0.25, 0.3) is 5.69 Å². The fraction of sp³-hybridized carbons (Fsp3) is 0.286. The Morgan fingerprint density at radius 2 is 1.70 bits per heavy atom. The molecule has 0 radical (unpaired) electrons. The number of hydrogen-bond acceptors (Lipinski definition) is 6. The van der Waals surface area contributed by atoms with Crippen molar-refractivity contribution in [3.8, 4) is 5.69 Å². The third-order valence-electron chi connectivity index (χ3n) is 5.34. The number of benzene rings is 2. The minimum atomic E-state index is -4.67. The van der Waals surface area contributed by atoms with Gasteiger partial charge in [0.05, 0.1) is 16.9 Å². The summed E-state index contributed by atoms with van der Waals surface area (Å²) < 4.78 is 68.8. The molecule has 1 saturated heterocycles. The van der Waals surface area contributed by atoms with Crippen molar-refractivity contribution in [3.05, 3.63) is 59.8 Å². The highest BCUT2D eigenvalue weighted by atomic mass is 32.2. The number of halogens is 3. The molecule has 8 nitrogen and oxygen atoms in total. The zero-order chi connectivity index (χ0) is 23.8. The number of anilines is 1. The van der Waals surface area contributed by atoms with E-state index in [1.165, 1.54) is 8.99 Å². The normalized spacial score (nSPS) is 15.5. The molecule has 4 rings (SSSR count). The second kappa shape index (κ2) is 8.60. The maximum atomic E-state index is 13.3. The summed E-state index contributed by atoms with van der Waals surface area (Å²) >= 11 is 0. The number of nitrogen functional groups attached to an aromatic ring is 1. The number of aromatic nitrogens is 2. The minimum Gasteiger partial charge on any atom is -0.380 e. The van der Waals surface area contributed by atoms with Gasteiger partial charge < -0.3 is 5.73 Å². The number of para-hydroxylation sites is 1. The van der Waals surface area contributed by atoms with Crippen LogP contribution in [0.3, 0.4) is 0 Å². The van der Waals surface area contributed by atoms with E-state index < -0.39 is 27.5 Å². The molecule has 0 amide bonds. The van der Waals surface area contributed by atoms with Gasteiger partial charge >= 0.3 is 6.18 Å². The number of sulfonamides is 1. The van der Waals surface area contributed by atoms with Crippen LogP contribution in [0.15, 0.2) is 63.7 Å². The van der Waals surface area contributed by atoms with Gasteiger partial charge in [0.1, 0.15) is 10.6 Å². The molecule has 12 heteroatoms. The molecule has 0 saturated carbocycles. The van der Waals surface area contributed by atoms with Crippen LogP contribution in [0.2, 0.25) is 0 Å². The van der Waals surface area contributed by atoms with Crippen molar-refractivity contribution in [1.82, 2.24) is 14.1 Å². The highest BCUT2D eigenvalue weighted by Crippen LogP contribution is 2.38. The molecule has 0 atom stereocenters. The number of rotatable bonds is 5. The lowest BCUT2D eigenvalue weighted by Crippen LogP contribution is -2.28. The molecule has 1 aliphatic heterocycles. The van der Waals surface area contributed by atoms with Gasteiger partial charge in [0, 0.05) is 13.1 Å². The van der Waals surface area contributed by atoms with Crippen LogP contribution in [-0.4, -0.2) is 35.6 Å². The minimum absolute atomic E-state index is 0.0102. The fourth-order valence-electron chi connectivity index (χ4n) is 3.62. The van der Waals surface area contributed by atoms with E-state index in [-0.39, 0.29) is 16.4 Å². The van der Waals surface area contributed by atoms with E-state index in [0.717, 1.165) is 12.1 Å². The van der Waals surface area contributed by atoms with E-state index in [1.807, 2.05) is 18.2 Å². The predicted octanol–water partition coefficient (Wildman–Crippen LogP) is 4.98. The molecule has 1 aromatic heterocycles. The zero-order valence-corrected chi connectivity index (χ0v) is 18.4. The largest absolute Gasteiger partial charge is 0.416 e. The number of nitrogens with two attached hydrogens (primary N) is 1. The molecule has 2 heterocycles. The molecule has 1 aliphatic rings. The molecule has 0 aliphatic carbocycles. The Hall–Kier alpha value is -3.25. The van der Waals surface area contributed by atoms with Crippen LogP contribution >= 0.6 is 0 Å². The topological polar surface area (TPSA) is 106 Å². The van der Waals surface area contributed by atoms with Gasteiger partial charge in [-0.3, -0.25) is 0 Å². The second-order valence-electron chi connectivity index (χ2n) is 7.56. The molecule has 0 spiro atoms. The lowest BCUT2D eigenvalue weighted by molar-refractivity contribution is -0.137. The highest BCUT2D eigenvalue weighted by molar-refractivity contribution is 7.89. The van der Waals surface area contributed by atoms with Gasteiger partial charge in [-0.1, -0.05) is 18.2 Å². The zero-order valence-electron chi connectivity index (χ0n) is 17.6. The summed E-state index contributed by atoms with van der Waals surface area (Å²) in [5.74, 6) is 0.0102. The predicted molar refractivity (Wildman–Crippen MR) is 116 cm³/mol. The summed E-state index contributed by atoms with van der Waals surface area (Å²) in [4.78, 5) is -0.340. The smallest absolute Gasteiger partial charge is 0.380 e. The van der Waals surface area contributed by atoms with Gasteiger partial charge in [0.15, 0.2) is 11.5 Å². The van der Waals surface area contributed by atoms with Crippen molar-refractivity contribution in [2.75, 3.05) is 18.8 Å². The summed E-state index contributed by atoms with van der Waals surface area (Å²) in [6.07, 6.45) is -3.30. The van der Waals surface area contributed by atoms with Crippen LogP contribution < -0.4 is 5.73 Å². The maximum Gasteiger partial charge on any atom is 0.416 e. The first-order chi connectivity index (χ1) is 15.6. The van der Waals surface area contributed by atoms with E-state index in [1.54, 1.807) is 19.1 Å². The van der Waals surface area contributed by atoms with E-state index in [2.05, 4.69) is 15.3 Å². The van der Waals surface area contributed by atoms with E-state index in [9.17, 15) is 21.6 Å². The Kier molecular flexibility index (Phi) is 5.97. The summed E-state index contributed by atoms with van der Waals surface area (Å²) in [6.45, 7) is 2.28. The van der Waals surface area contributed by atoms with Crippen molar-refractivity contribution in [1.29, 1.82) is 0 Å². The van der Waals surface area contributed by atoms with Crippen molar-refractivity contribution in [2.24, 2.45) is 10.2 Å². The van der Waals surface area contributed by atoms with E-state index in [0.29, 0.717) is 43.4 Å². The average Bonchev–Trinajstić information content (AvgIpc) is 3.41. The van der Waals surface area contributed by atoms with E-state index in [4.69, 9.17) is 5.73 Å². The number of alkyl halides is 3. The van der Waals surface area contributed by atoms with Gasteiger partial charge in [0.2, 0.25) is 10.0 Å². The Bertz CT molecular complexity index is 1300.